The van der Waals surface area contributed by atoms with Crippen molar-refractivity contribution in [2.75, 3.05) is 20.6 Å². The Morgan fingerprint density at radius 2 is 1.89 bits per heavy atom. The van der Waals surface area contributed by atoms with Gasteiger partial charge in [0.15, 0.2) is 0 Å². The van der Waals surface area contributed by atoms with Crippen LogP contribution in [0, 0.1) is 5.92 Å². The fraction of sp³-hybridized carbons (Fsp3) is 0.429. The highest BCUT2D eigenvalue weighted by atomic mass is 16.2. The molecule has 0 aliphatic carbocycles. The van der Waals surface area contributed by atoms with Gasteiger partial charge < -0.3 is 16.0 Å². The van der Waals surface area contributed by atoms with E-state index < -0.39 is 6.04 Å². The van der Waals surface area contributed by atoms with E-state index in [4.69, 9.17) is 5.73 Å². The molecule has 0 fully saturated rings. The Balaban J connectivity index is 2.65. The lowest BCUT2D eigenvalue weighted by molar-refractivity contribution is -0.133. The van der Waals surface area contributed by atoms with Gasteiger partial charge in [-0.3, -0.25) is 9.59 Å². The fourth-order valence-electron chi connectivity index (χ4n) is 1.87. The lowest BCUT2D eigenvalue weighted by Crippen LogP contribution is -2.41. The molecule has 0 radical (unpaired) electrons. The van der Waals surface area contributed by atoms with Gasteiger partial charge in [-0.15, -0.1) is 0 Å². The summed E-state index contributed by atoms with van der Waals surface area (Å²) in [5.41, 5.74) is 6.70. The van der Waals surface area contributed by atoms with Crippen molar-refractivity contribution in [3.8, 4) is 0 Å². The first-order chi connectivity index (χ1) is 8.97. The van der Waals surface area contributed by atoms with Crippen LogP contribution < -0.4 is 11.1 Å². The maximum absolute atomic E-state index is 12.2. The minimum absolute atomic E-state index is 0.0899. The second-order valence-electron chi connectivity index (χ2n) is 4.62. The van der Waals surface area contributed by atoms with Crippen LogP contribution in [0.4, 0.5) is 0 Å². The molecule has 1 rings (SSSR count). The summed E-state index contributed by atoms with van der Waals surface area (Å²) >= 11 is 0. The summed E-state index contributed by atoms with van der Waals surface area (Å²) in [5, 5.41) is 2.56. The number of likely N-dealkylation sites (N-methyl/N-ethyl adjacent to an activating group) is 1. The summed E-state index contributed by atoms with van der Waals surface area (Å²) in [6.45, 7) is 2.12. The number of hydrogen-bond donors (Lipinski definition) is 2. The Bertz CT molecular complexity index is 434. The number of nitrogens with one attached hydrogen (secondary N) is 1. The Morgan fingerprint density at radius 3 is 2.42 bits per heavy atom. The molecule has 0 saturated carbocycles. The van der Waals surface area contributed by atoms with Gasteiger partial charge in [0.05, 0.1) is 5.92 Å². The molecule has 3 N–H and O–H groups in total. The lowest BCUT2D eigenvalue weighted by atomic mass is 10.1. The molecule has 5 heteroatoms. The maximum Gasteiger partial charge on any atom is 0.243 e. The monoisotopic (exact) mass is 263 g/mol. The Hall–Kier alpha value is -1.88. The Kier molecular flexibility index (Phi) is 5.51. The topological polar surface area (TPSA) is 75.4 Å². The SMILES string of the molecule is CNC(=O)C(C)CN(C)C(=O)C(N)c1ccccc1. The molecule has 0 saturated heterocycles. The molecule has 104 valence electrons. The van der Waals surface area contributed by atoms with Crippen molar-refractivity contribution < 1.29 is 9.59 Å². The molecule has 19 heavy (non-hydrogen) atoms. The number of benzene rings is 1. The van der Waals surface area contributed by atoms with Crippen molar-refractivity contribution in [1.29, 1.82) is 0 Å². The molecule has 2 unspecified atom stereocenters. The smallest absolute Gasteiger partial charge is 0.243 e. The minimum Gasteiger partial charge on any atom is -0.359 e. The Morgan fingerprint density at radius 1 is 1.32 bits per heavy atom. The molecule has 0 aliphatic rings. The van der Waals surface area contributed by atoms with Crippen molar-refractivity contribution >= 4 is 11.8 Å². The van der Waals surface area contributed by atoms with E-state index >= 15 is 0 Å². The molecule has 2 atom stereocenters. The molecule has 0 bridgehead atoms. The number of amides is 2. The van der Waals surface area contributed by atoms with Gasteiger partial charge in [0.2, 0.25) is 11.8 Å². The van der Waals surface area contributed by atoms with E-state index in [2.05, 4.69) is 5.32 Å². The first-order valence-corrected chi connectivity index (χ1v) is 6.24. The fourth-order valence-corrected chi connectivity index (χ4v) is 1.87. The molecule has 0 spiro atoms. The highest BCUT2D eigenvalue weighted by Gasteiger charge is 2.22. The highest BCUT2D eigenvalue weighted by molar-refractivity contribution is 5.84. The number of carbonyl (C=O) groups excluding carboxylic acids is 2. The zero-order valence-corrected chi connectivity index (χ0v) is 11.6. The first-order valence-electron chi connectivity index (χ1n) is 6.24. The predicted molar refractivity (Wildman–Crippen MR) is 74.2 cm³/mol. The van der Waals surface area contributed by atoms with Gasteiger partial charge in [0.25, 0.3) is 0 Å². The standard InChI is InChI=1S/C14H21N3O2/c1-10(13(18)16-2)9-17(3)14(19)12(15)11-7-5-4-6-8-11/h4-8,10,12H,9,15H2,1-3H3,(H,16,18). The van der Waals surface area contributed by atoms with Crippen LogP contribution in [0.5, 0.6) is 0 Å². The van der Waals surface area contributed by atoms with E-state index in [9.17, 15) is 9.59 Å². The van der Waals surface area contributed by atoms with E-state index in [1.54, 1.807) is 21.0 Å². The quantitative estimate of drug-likeness (QED) is 0.813. The number of nitrogens with two attached hydrogens (primary N) is 1. The number of carbonyl (C=O) groups is 2. The lowest BCUT2D eigenvalue weighted by Gasteiger charge is -2.24. The van der Waals surface area contributed by atoms with Crippen LogP contribution in [0.1, 0.15) is 18.5 Å². The average molecular weight is 263 g/mol. The van der Waals surface area contributed by atoms with Crippen molar-refractivity contribution in [1.82, 2.24) is 10.2 Å². The van der Waals surface area contributed by atoms with Gasteiger partial charge in [0.1, 0.15) is 6.04 Å². The van der Waals surface area contributed by atoms with Gasteiger partial charge in [-0.05, 0) is 5.56 Å². The van der Waals surface area contributed by atoms with E-state index in [0.29, 0.717) is 6.54 Å². The molecular formula is C14H21N3O2. The van der Waals surface area contributed by atoms with Gasteiger partial charge in [-0.1, -0.05) is 37.3 Å². The zero-order chi connectivity index (χ0) is 14.4. The molecule has 1 aromatic carbocycles. The third kappa shape index (κ3) is 4.06. The molecule has 1 aromatic rings. The molecule has 5 nitrogen and oxygen atoms in total. The van der Waals surface area contributed by atoms with Crippen molar-refractivity contribution in [3.63, 3.8) is 0 Å². The maximum atomic E-state index is 12.2. The molecule has 2 amide bonds. The largest absolute Gasteiger partial charge is 0.359 e. The van der Waals surface area contributed by atoms with Crippen LogP contribution in [0.25, 0.3) is 0 Å². The third-order valence-corrected chi connectivity index (χ3v) is 3.04. The zero-order valence-electron chi connectivity index (χ0n) is 11.6. The second-order valence-corrected chi connectivity index (χ2v) is 4.62. The van der Waals surface area contributed by atoms with Crippen LogP contribution in [-0.2, 0) is 9.59 Å². The predicted octanol–water partition coefficient (Wildman–Crippen LogP) is 0.527. The summed E-state index contributed by atoms with van der Waals surface area (Å²) in [5.74, 6) is -0.545. The number of nitrogens with zero attached hydrogens (tertiary/aromatic N) is 1. The van der Waals surface area contributed by atoms with E-state index in [1.165, 1.54) is 4.90 Å². The van der Waals surface area contributed by atoms with Crippen molar-refractivity contribution in [2.24, 2.45) is 11.7 Å². The molecular weight excluding hydrogens is 242 g/mol. The summed E-state index contributed by atoms with van der Waals surface area (Å²) in [7, 11) is 3.24. The van der Waals surface area contributed by atoms with Crippen LogP contribution in [0.2, 0.25) is 0 Å². The number of hydrogen-bond acceptors (Lipinski definition) is 3. The van der Waals surface area contributed by atoms with Crippen molar-refractivity contribution in [3.05, 3.63) is 35.9 Å². The van der Waals surface area contributed by atoms with E-state index in [1.807, 2.05) is 30.3 Å². The molecule has 0 heterocycles. The summed E-state index contributed by atoms with van der Waals surface area (Å²) < 4.78 is 0. The van der Waals surface area contributed by atoms with Gasteiger partial charge >= 0.3 is 0 Å². The van der Waals surface area contributed by atoms with Crippen LogP contribution in [-0.4, -0.2) is 37.4 Å². The van der Waals surface area contributed by atoms with E-state index in [-0.39, 0.29) is 17.7 Å². The van der Waals surface area contributed by atoms with Gasteiger partial charge in [-0.2, -0.15) is 0 Å². The van der Waals surface area contributed by atoms with E-state index in [0.717, 1.165) is 5.56 Å². The molecule has 0 aromatic heterocycles. The second kappa shape index (κ2) is 6.89. The summed E-state index contributed by atoms with van der Waals surface area (Å²) in [4.78, 5) is 25.1. The summed E-state index contributed by atoms with van der Waals surface area (Å²) in [6.07, 6.45) is 0. The average Bonchev–Trinajstić information content (AvgIpc) is 2.45. The van der Waals surface area contributed by atoms with Gasteiger partial charge in [-0.25, -0.2) is 0 Å². The van der Waals surface area contributed by atoms with Crippen LogP contribution in [0.3, 0.4) is 0 Å². The van der Waals surface area contributed by atoms with Gasteiger partial charge in [0, 0.05) is 20.6 Å². The normalized spacial score (nSPS) is 13.5. The highest BCUT2D eigenvalue weighted by Crippen LogP contribution is 2.13. The summed E-state index contributed by atoms with van der Waals surface area (Å²) in [6, 6.07) is 8.50. The molecule has 0 aliphatic heterocycles. The van der Waals surface area contributed by atoms with Crippen molar-refractivity contribution in [2.45, 2.75) is 13.0 Å². The number of rotatable bonds is 5. The van der Waals surface area contributed by atoms with Crippen LogP contribution >= 0.6 is 0 Å². The Labute approximate surface area is 113 Å². The van der Waals surface area contributed by atoms with Crippen LogP contribution in [0.15, 0.2) is 30.3 Å². The first kappa shape index (κ1) is 15.2. The minimum atomic E-state index is -0.692. The third-order valence-electron chi connectivity index (χ3n) is 3.04.